The van der Waals surface area contributed by atoms with E-state index in [1.807, 2.05) is 19.2 Å². The van der Waals surface area contributed by atoms with Gasteiger partial charge < -0.3 is 14.8 Å². The fourth-order valence-corrected chi connectivity index (χ4v) is 6.39. The lowest BCUT2D eigenvalue weighted by molar-refractivity contribution is 0.0601. The molecule has 1 amide bonds. The zero-order chi connectivity index (χ0) is 24.2. The van der Waals surface area contributed by atoms with Crippen LogP contribution in [0.1, 0.15) is 65.8 Å². The van der Waals surface area contributed by atoms with Gasteiger partial charge in [0.15, 0.2) is 0 Å². The summed E-state index contributed by atoms with van der Waals surface area (Å²) in [5.74, 6) is -0.588. The standard InChI is InChI=1S/C23H30N2O6S2/c1-14(2)11-16-13-32-22(20(16)23(27)31-4)24-21(26)15-9-10-18(30-3)19(12-15)33(28,29)25-17-7-5-6-8-17/h9-10,12-14,17,25H,5-8,11H2,1-4H3,(H,24,26). The number of benzene rings is 1. The van der Waals surface area contributed by atoms with Gasteiger partial charge in [-0.1, -0.05) is 26.7 Å². The highest BCUT2D eigenvalue weighted by atomic mass is 32.2. The van der Waals surface area contributed by atoms with E-state index in [0.29, 0.717) is 22.9 Å². The first kappa shape index (κ1) is 25.2. The van der Waals surface area contributed by atoms with Crippen LogP contribution in [0, 0.1) is 5.92 Å². The Hall–Kier alpha value is -2.43. The van der Waals surface area contributed by atoms with Crippen LogP contribution in [0.2, 0.25) is 0 Å². The van der Waals surface area contributed by atoms with E-state index >= 15 is 0 Å². The number of hydrogen-bond acceptors (Lipinski definition) is 7. The van der Waals surface area contributed by atoms with Gasteiger partial charge in [-0.2, -0.15) is 0 Å². The van der Waals surface area contributed by atoms with Crippen molar-refractivity contribution in [1.82, 2.24) is 4.72 Å². The summed E-state index contributed by atoms with van der Waals surface area (Å²) < 4.78 is 38.9. The van der Waals surface area contributed by atoms with E-state index in [-0.39, 0.29) is 22.3 Å². The number of thiophene rings is 1. The van der Waals surface area contributed by atoms with Crippen LogP contribution in [0.5, 0.6) is 5.75 Å². The number of ether oxygens (including phenoxy) is 2. The average Bonchev–Trinajstić information content (AvgIpc) is 3.41. The number of hydrogen-bond donors (Lipinski definition) is 2. The second kappa shape index (κ2) is 10.7. The number of nitrogens with one attached hydrogen (secondary N) is 2. The third-order valence-electron chi connectivity index (χ3n) is 5.50. The second-order valence-electron chi connectivity index (χ2n) is 8.48. The number of sulfonamides is 1. The minimum atomic E-state index is -3.88. The highest BCUT2D eigenvalue weighted by Gasteiger charge is 2.27. The Bertz CT molecular complexity index is 1120. The molecule has 1 aromatic heterocycles. The lowest BCUT2D eigenvalue weighted by Gasteiger charge is -2.16. The van der Waals surface area contributed by atoms with Crippen molar-refractivity contribution in [1.29, 1.82) is 0 Å². The summed E-state index contributed by atoms with van der Waals surface area (Å²) in [6.45, 7) is 4.08. The van der Waals surface area contributed by atoms with Gasteiger partial charge in [-0.05, 0) is 54.3 Å². The fourth-order valence-electron chi connectivity index (χ4n) is 3.93. The molecule has 3 rings (SSSR count). The van der Waals surface area contributed by atoms with Crippen molar-refractivity contribution in [3.8, 4) is 5.75 Å². The maximum absolute atomic E-state index is 13.0. The molecule has 180 valence electrons. The summed E-state index contributed by atoms with van der Waals surface area (Å²) in [5, 5.41) is 4.95. The van der Waals surface area contributed by atoms with E-state index < -0.39 is 21.9 Å². The van der Waals surface area contributed by atoms with Crippen molar-refractivity contribution in [2.45, 2.75) is 56.9 Å². The third kappa shape index (κ3) is 5.93. The zero-order valence-electron chi connectivity index (χ0n) is 19.3. The van der Waals surface area contributed by atoms with Gasteiger partial charge in [0.2, 0.25) is 10.0 Å². The Morgan fingerprint density at radius 2 is 1.88 bits per heavy atom. The molecule has 1 aromatic carbocycles. The van der Waals surface area contributed by atoms with Crippen LogP contribution >= 0.6 is 11.3 Å². The molecule has 0 atom stereocenters. The average molecular weight is 495 g/mol. The molecule has 0 bridgehead atoms. The van der Waals surface area contributed by atoms with Gasteiger partial charge in [-0.25, -0.2) is 17.9 Å². The molecule has 2 aromatic rings. The lowest BCUT2D eigenvalue weighted by Crippen LogP contribution is -2.33. The van der Waals surface area contributed by atoms with E-state index in [0.717, 1.165) is 31.2 Å². The van der Waals surface area contributed by atoms with Crippen LogP contribution in [0.25, 0.3) is 0 Å². The molecular weight excluding hydrogens is 464 g/mol. The lowest BCUT2D eigenvalue weighted by atomic mass is 10.0. The van der Waals surface area contributed by atoms with Crippen LogP contribution < -0.4 is 14.8 Å². The maximum Gasteiger partial charge on any atom is 0.341 e. The van der Waals surface area contributed by atoms with Crippen molar-refractivity contribution in [2.75, 3.05) is 19.5 Å². The number of amides is 1. The van der Waals surface area contributed by atoms with Crippen molar-refractivity contribution >= 4 is 38.2 Å². The predicted molar refractivity (Wildman–Crippen MR) is 128 cm³/mol. The SMILES string of the molecule is COC(=O)c1c(CC(C)C)csc1NC(=O)c1ccc(OC)c(S(=O)(=O)NC2CCCC2)c1. The second-order valence-corrected chi connectivity index (χ2v) is 11.0. The number of anilines is 1. The molecule has 1 heterocycles. The highest BCUT2D eigenvalue weighted by molar-refractivity contribution is 7.89. The third-order valence-corrected chi connectivity index (χ3v) is 7.99. The number of rotatable bonds is 9. The first-order chi connectivity index (χ1) is 15.7. The predicted octanol–water partition coefficient (Wildman–Crippen LogP) is 4.22. The van der Waals surface area contributed by atoms with E-state index in [1.165, 1.54) is 43.8 Å². The van der Waals surface area contributed by atoms with Gasteiger partial charge in [0.1, 0.15) is 15.6 Å². The monoisotopic (exact) mass is 494 g/mol. The van der Waals surface area contributed by atoms with Crippen molar-refractivity contribution < 1.29 is 27.5 Å². The summed E-state index contributed by atoms with van der Waals surface area (Å²) in [6.07, 6.45) is 4.20. The number of esters is 1. The van der Waals surface area contributed by atoms with Gasteiger partial charge in [0, 0.05) is 11.6 Å². The quantitative estimate of drug-likeness (QED) is 0.505. The molecule has 1 aliphatic rings. The Labute approximate surface area is 198 Å². The minimum absolute atomic E-state index is 0.0931. The Kier molecular flexibility index (Phi) is 8.14. The van der Waals surface area contributed by atoms with E-state index in [9.17, 15) is 18.0 Å². The van der Waals surface area contributed by atoms with Gasteiger partial charge in [0.25, 0.3) is 5.91 Å². The van der Waals surface area contributed by atoms with Crippen LogP contribution in [0.15, 0.2) is 28.5 Å². The van der Waals surface area contributed by atoms with Gasteiger partial charge in [-0.3, -0.25) is 4.79 Å². The number of carbonyl (C=O) groups is 2. The first-order valence-electron chi connectivity index (χ1n) is 10.9. The normalized spacial score (nSPS) is 14.5. The highest BCUT2D eigenvalue weighted by Crippen LogP contribution is 2.32. The summed E-state index contributed by atoms with van der Waals surface area (Å²) in [4.78, 5) is 25.3. The molecule has 0 saturated heterocycles. The molecule has 33 heavy (non-hydrogen) atoms. The maximum atomic E-state index is 13.0. The summed E-state index contributed by atoms with van der Waals surface area (Å²) >= 11 is 1.24. The molecule has 10 heteroatoms. The van der Waals surface area contributed by atoms with Crippen LogP contribution in [-0.4, -0.2) is 40.6 Å². The molecule has 2 N–H and O–H groups in total. The van der Waals surface area contributed by atoms with Crippen LogP contribution in [-0.2, 0) is 21.2 Å². The topological polar surface area (TPSA) is 111 Å². The van der Waals surface area contributed by atoms with Gasteiger partial charge in [0.05, 0.1) is 19.8 Å². The fraction of sp³-hybridized carbons (Fsp3) is 0.478. The van der Waals surface area contributed by atoms with E-state index in [2.05, 4.69) is 10.0 Å². The van der Waals surface area contributed by atoms with Gasteiger partial charge in [-0.15, -0.1) is 11.3 Å². The molecule has 8 nitrogen and oxygen atoms in total. The van der Waals surface area contributed by atoms with Crippen molar-refractivity contribution in [3.63, 3.8) is 0 Å². The molecule has 1 fully saturated rings. The van der Waals surface area contributed by atoms with Crippen LogP contribution in [0.3, 0.4) is 0 Å². The molecule has 0 aliphatic heterocycles. The molecule has 1 saturated carbocycles. The molecule has 0 unspecified atom stereocenters. The smallest absolute Gasteiger partial charge is 0.341 e. The Morgan fingerprint density at radius 3 is 2.48 bits per heavy atom. The summed E-state index contributed by atoms with van der Waals surface area (Å²) in [5.41, 5.74) is 1.27. The zero-order valence-corrected chi connectivity index (χ0v) is 20.9. The van der Waals surface area contributed by atoms with Crippen molar-refractivity contribution in [2.24, 2.45) is 5.92 Å². The van der Waals surface area contributed by atoms with Crippen molar-refractivity contribution in [3.05, 3.63) is 40.3 Å². The Balaban J connectivity index is 1.90. The van der Waals surface area contributed by atoms with E-state index in [4.69, 9.17) is 9.47 Å². The van der Waals surface area contributed by atoms with Gasteiger partial charge >= 0.3 is 5.97 Å². The minimum Gasteiger partial charge on any atom is -0.495 e. The van der Waals surface area contributed by atoms with E-state index in [1.54, 1.807) is 0 Å². The Morgan fingerprint density at radius 1 is 1.18 bits per heavy atom. The largest absolute Gasteiger partial charge is 0.495 e. The first-order valence-corrected chi connectivity index (χ1v) is 13.2. The molecule has 0 radical (unpaired) electrons. The number of methoxy groups -OCH3 is 2. The number of carbonyl (C=O) groups excluding carboxylic acids is 2. The molecule has 1 aliphatic carbocycles. The molecule has 0 spiro atoms. The van der Waals surface area contributed by atoms with Crippen LogP contribution in [0.4, 0.5) is 5.00 Å². The summed E-state index contributed by atoms with van der Waals surface area (Å²) in [7, 11) is -1.20. The molecular formula is C23H30N2O6S2. The summed E-state index contributed by atoms with van der Waals surface area (Å²) in [6, 6.07) is 4.12.